The van der Waals surface area contributed by atoms with Crippen LogP contribution in [-0.2, 0) is 0 Å². The van der Waals surface area contributed by atoms with Gasteiger partial charge in [-0.15, -0.1) is 0 Å². The molecule has 3 heterocycles. The second kappa shape index (κ2) is 7.81. The predicted molar refractivity (Wildman–Crippen MR) is 111 cm³/mol. The number of anilines is 4. The average Bonchev–Trinajstić information content (AvgIpc) is 3.02. The number of nitrogens with one attached hydrogen (secondary N) is 1. The summed E-state index contributed by atoms with van der Waals surface area (Å²) in [7, 11) is 6.16. The fourth-order valence-corrected chi connectivity index (χ4v) is 3.92. The lowest BCUT2D eigenvalue weighted by Gasteiger charge is -2.28. The van der Waals surface area contributed by atoms with Crippen LogP contribution in [0.25, 0.3) is 0 Å². The molecule has 1 saturated heterocycles. The summed E-state index contributed by atoms with van der Waals surface area (Å²) < 4.78 is 5.71. The third kappa shape index (κ3) is 3.98. The molecule has 28 heavy (non-hydrogen) atoms. The number of aliphatic hydroxyl groups excluding tert-OH is 1. The lowest BCUT2D eigenvalue weighted by Crippen LogP contribution is -2.38. The normalized spacial score (nSPS) is 21.6. The fourth-order valence-electron chi connectivity index (χ4n) is 3.92. The van der Waals surface area contributed by atoms with Crippen molar-refractivity contribution in [2.75, 3.05) is 62.5 Å². The zero-order valence-electron chi connectivity index (χ0n) is 16.7. The highest BCUT2D eigenvalue weighted by Crippen LogP contribution is 2.34. The van der Waals surface area contributed by atoms with E-state index in [0.29, 0.717) is 13.2 Å². The van der Waals surface area contributed by atoms with Gasteiger partial charge in [0.15, 0.2) is 0 Å². The molecule has 8 nitrogen and oxygen atoms in total. The van der Waals surface area contributed by atoms with Gasteiger partial charge in [0.05, 0.1) is 18.3 Å². The van der Waals surface area contributed by atoms with Crippen LogP contribution in [0.1, 0.15) is 6.42 Å². The zero-order valence-corrected chi connectivity index (χ0v) is 16.7. The second-order valence-corrected chi connectivity index (χ2v) is 7.80. The van der Waals surface area contributed by atoms with E-state index in [4.69, 9.17) is 4.74 Å². The minimum atomic E-state index is -0.326. The van der Waals surface area contributed by atoms with E-state index in [1.54, 1.807) is 6.33 Å². The Bertz CT molecular complexity index is 830. The number of likely N-dealkylation sites (N-methyl/N-ethyl adjacent to an activating group) is 2. The Morgan fingerprint density at radius 2 is 2.14 bits per heavy atom. The topological polar surface area (TPSA) is 77.0 Å². The Balaban J connectivity index is 1.54. The monoisotopic (exact) mass is 384 g/mol. The third-order valence-electron chi connectivity index (χ3n) is 5.24. The van der Waals surface area contributed by atoms with Gasteiger partial charge in [0.1, 0.15) is 30.3 Å². The van der Waals surface area contributed by atoms with Crippen molar-refractivity contribution in [2.45, 2.75) is 18.6 Å². The molecule has 1 fully saturated rings. The molecule has 2 N–H and O–H groups in total. The number of rotatable bonds is 5. The molecule has 2 aliphatic rings. The number of hydrogen-bond donors (Lipinski definition) is 2. The first kappa shape index (κ1) is 18.8. The first-order chi connectivity index (χ1) is 13.5. The third-order valence-corrected chi connectivity index (χ3v) is 5.24. The Kier molecular flexibility index (Phi) is 5.23. The quantitative estimate of drug-likeness (QED) is 0.804. The minimum Gasteiger partial charge on any atom is -0.490 e. The van der Waals surface area contributed by atoms with E-state index in [2.05, 4.69) is 43.1 Å². The molecule has 8 heteroatoms. The van der Waals surface area contributed by atoms with Crippen molar-refractivity contribution in [1.29, 1.82) is 0 Å². The SMILES string of the molecule is CN(C)C[C@H]1C[C@@H](O)CN1c1cc(Nc2ccc3c(c2)N(C)CCO3)ncn1. The molecule has 2 atom stereocenters. The molecule has 1 aromatic heterocycles. The zero-order chi connectivity index (χ0) is 19.7. The summed E-state index contributed by atoms with van der Waals surface area (Å²) in [4.78, 5) is 15.3. The summed E-state index contributed by atoms with van der Waals surface area (Å²) in [5.41, 5.74) is 2.02. The molecule has 1 aromatic carbocycles. The minimum absolute atomic E-state index is 0.238. The Morgan fingerprint density at radius 1 is 1.29 bits per heavy atom. The molecule has 0 bridgehead atoms. The largest absolute Gasteiger partial charge is 0.490 e. The molecule has 0 radical (unpaired) electrons. The first-order valence-electron chi connectivity index (χ1n) is 9.66. The van der Waals surface area contributed by atoms with Gasteiger partial charge in [0.25, 0.3) is 0 Å². The van der Waals surface area contributed by atoms with Crippen molar-refractivity contribution in [1.82, 2.24) is 14.9 Å². The van der Waals surface area contributed by atoms with Gasteiger partial charge in [0, 0.05) is 37.9 Å². The van der Waals surface area contributed by atoms with Crippen LogP contribution in [-0.4, -0.2) is 79.5 Å². The van der Waals surface area contributed by atoms with Crippen molar-refractivity contribution in [3.63, 3.8) is 0 Å². The highest BCUT2D eigenvalue weighted by molar-refractivity contribution is 5.70. The molecule has 0 unspecified atom stereocenters. The van der Waals surface area contributed by atoms with Gasteiger partial charge in [-0.05, 0) is 38.7 Å². The van der Waals surface area contributed by atoms with Crippen molar-refractivity contribution in [2.24, 2.45) is 0 Å². The van der Waals surface area contributed by atoms with Crippen LogP contribution < -0.4 is 19.9 Å². The van der Waals surface area contributed by atoms with Crippen LogP contribution in [0, 0.1) is 0 Å². The predicted octanol–water partition coefficient (Wildman–Crippen LogP) is 1.55. The summed E-state index contributed by atoms with van der Waals surface area (Å²) in [5, 5.41) is 13.5. The summed E-state index contributed by atoms with van der Waals surface area (Å²) in [6.45, 7) is 3.05. The maximum Gasteiger partial charge on any atom is 0.142 e. The molecule has 2 aromatic rings. The van der Waals surface area contributed by atoms with E-state index >= 15 is 0 Å². The number of fused-ring (bicyclic) bond motifs is 1. The number of nitrogens with zero attached hydrogens (tertiary/aromatic N) is 5. The van der Waals surface area contributed by atoms with Crippen LogP contribution in [0.4, 0.5) is 23.0 Å². The van der Waals surface area contributed by atoms with Crippen LogP contribution >= 0.6 is 0 Å². The average molecular weight is 384 g/mol. The highest BCUT2D eigenvalue weighted by Gasteiger charge is 2.32. The van der Waals surface area contributed by atoms with E-state index in [1.165, 1.54) is 0 Å². The van der Waals surface area contributed by atoms with E-state index in [0.717, 1.165) is 48.3 Å². The van der Waals surface area contributed by atoms with Gasteiger partial charge in [-0.2, -0.15) is 0 Å². The van der Waals surface area contributed by atoms with Crippen LogP contribution in [0.15, 0.2) is 30.6 Å². The molecule has 0 saturated carbocycles. The molecule has 150 valence electrons. The van der Waals surface area contributed by atoms with Crippen molar-refractivity contribution >= 4 is 23.0 Å². The van der Waals surface area contributed by atoms with E-state index in [1.807, 2.05) is 32.3 Å². The lowest BCUT2D eigenvalue weighted by molar-refractivity contribution is 0.191. The van der Waals surface area contributed by atoms with Crippen LogP contribution in [0.3, 0.4) is 0 Å². The summed E-state index contributed by atoms with van der Waals surface area (Å²) >= 11 is 0. The van der Waals surface area contributed by atoms with Gasteiger partial charge in [-0.1, -0.05) is 0 Å². The number of aromatic nitrogens is 2. The van der Waals surface area contributed by atoms with Crippen LogP contribution in [0.2, 0.25) is 0 Å². The Hall–Kier alpha value is -2.58. The van der Waals surface area contributed by atoms with Crippen LogP contribution in [0.5, 0.6) is 5.75 Å². The van der Waals surface area contributed by atoms with Gasteiger partial charge in [0.2, 0.25) is 0 Å². The molecular weight excluding hydrogens is 356 g/mol. The van der Waals surface area contributed by atoms with E-state index in [-0.39, 0.29) is 12.1 Å². The second-order valence-electron chi connectivity index (χ2n) is 7.80. The van der Waals surface area contributed by atoms with Crippen molar-refractivity contribution < 1.29 is 9.84 Å². The maximum atomic E-state index is 10.2. The molecule has 0 spiro atoms. The fraction of sp³-hybridized carbons (Fsp3) is 0.500. The van der Waals surface area contributed by atoms with Gasteiger partial charge >= 0.3 is 0 Å². The standard InChI is InChI=1S/C20H28N6O2/c1-24(2)11-15-9-16(27)12-26(15)20-10-19(21-13-22-20)23-14-4-5-18-17(8-14)25(3)6-7-28-18/h4-5,8,10,13,15-16,27H,6-7,9,11-12H2,1-3H3,(H,21,22,23)/t15-,16-/m1/s1. The summed E-state index contributed by atoms with van der Waals surface area (Å²) in [6, 6.07) is 8.24. The molecule has 0 aliphatic carbocycles. The van der Waals surface area contributed by atoms with Crippen molar-refractivity contribution in [3.05, 3.63) is 30.6 Å². The Labute approximate surface area is 165 Å². The Morgan fingerprint density at radius 3 is 2.96 bits per heavy atom. The number of benzene rings is 1. The number of hydrogen-bond acceptors (Lipinski definition) is 8. The molecule has 4 rings (SSSR count). The highest BCUT2D eigenvalue weighted by atomic mass is 16.5. The number of aliphatic hydroxyl groups is 1. The summed E-state index contributed by atoms with van der Waals surface area (Å²) in [5.74, 6) is 2.47. The van der Waals surface area contributed by atoms with E-state index < -0.39 is 0 Å². The van der Waals surface area contributed by atoms with E-state index in [9.17, 15) is 5.11 Å². The van der Waals surface area contributed by atoms with Gasteiger partial charge in [-0.3, -0.25) is 0 Å². The molecule has 2 aliphatic heterocycles. The maximum absolute atomic E-state index is 10.2. The van der Waals surface area contributed by atoms with Crippen molar-refractivity contribution in [3.8, 4) is 5.75 Å². The van der Waals surface area contributed by atoms with Gasteiger partial charge in [-0.25, -0.2) is 9.97 Å². The molecular formula is C20H28N6O2. The number of β-amino-alcohol motifs (C(OH)–C–C–N with tert-alkyl or cyclic N) is 1. The number of ether oxygens (including phenoxy) is 1. The lowest BCUT2D eigenvalue weighted by atomic mass is 10.2. The smallest absolute Gasteiger partial charge is 0.142 e. The van der Waals surface area contributed by atoms with Gasteiger partial charge < -0.3 is 29.9 Å². The first-order valence-corrected chi connectivity index (χ1v) is 9.66. The molecule has 0 amide bonds. The summed E-state index contributed by atoms with van der Waals surface area (Å²) in [6.07, 6.45) is 2.00.